The van der Waals surface area contributed by atoms with Gasteiger partial charge < -0.3 is 14.8 Å². The highest BCUT2D eigenvalue weighted by molar-refractivity contribution is 7.17. The summed E-state index contributed by atoms with van der Waals surface area (Å²) in [7, 11) is 0. The summed E-state index contributed by atoms with van der Waals surface area (Å²) >= 11 is 1.65. The maximum atomic E-state index is 13.8. The molecule has 0 saturated carbocycles. The lowest BCUT2D eigenvalue weighted by Crippen LogP contribution is -2.47. The van der Waals surface area contributed by atoms with E-state index >= 15 is 0 Å². The summed E-state index contributed by atoms with van der Waals surface area (Å²) in [5, 5.41) is 14.4. The zero-order chi connectivity index (χ0) is 24.8. The number of allylic oxidation sites excluding steroid dienone is 3. The molecule has 2 aliphatic carbocycles. The van der Waals surface area contributed by atoms with E-state index in [0.29, 0.717) is 41.3 Å². The molecule has 0 radical (unpaired) electrons. The molecular formula is C28H25N3O4S. The number of rotatable bonds is 1. The van der Waals surface area contributed by atoms with Crippen LogP contribution in [0.1, 0.15) is 71.8 Å². The van der Waals surface area contributed by atoms with Crippen molar-refractivity contribution in [1.29, 1.82) is 5.26 Å². The fraction of sp³-hybridized carbons (Fsp3) is 0.393. The first-order valence-corrected chi connectivity index (χ1v) is 13.2. The second-order valence-electron chi connectivity index (χ2n) is 10.9. The van der Waals surface area contributed by atoms with Gasteiger partial charge in [-0.1, -0.05) is 19.9 Å². The van der Waals surface area contributed by atoms with Gasteiger partial charge in [0.1, 0.15) is 10.8 Å². The summed E-state index contributed by atoms with van der Waals surface area (Å²) in [5.74, 6) is 1.05. The number of nitriles is 1. The number of amides is 1. The van der Waals surface area contributed by atoms with E-state index in [1.807, 2.05) is 23.1 Å². The normalized spacial score (nSPS) is 23.5. The lowest BCUT2D eigenvalue weighted by Gasteiger charge is -2.45. The van der Waals surface area contributed by atoms with Gasteiger partial charge in [0.25, 0.3) is 5.91 Å². The van der Waals surface area contributed by atoms with Crippen molar-refractivity contribution in [3.63, 3.8) is 0 Å². The molecular weight excluding hydrogens is 474 g/mol. The molecule has 1 aromatic carbocycles. The number of hydrogen-bond donors (Lipinski definition) is 1. The number of carbonyl (C=O) groups is 2. The Labute approximate surface area is 213 Å². The number of ether oxygens (including phenoxy) is 2. The molecule has 7 rings (SSSR count). The minimum absolute atomic E-state index is 0.0514. The van der Waals surface area contributed by atoms with Crippen molar-refractivity contribution in [3.05, 3.63) is 62.4 Å². The average molecular weight is 500 g/mol. The predicted octanol–water partition coefficient (Wildman–Crippen LogP) is 5.08. The molecule has 1 aromatic heterocycles. The van der Waals surface area contributed by atoms with Crippen LogP contribution < -0.4 is 19.7 Å². The van der Waals surface area contributed by atoms with Crippen LogP contribution in [0.3, 0.4) is 0 Å². The Bertz CT molecular complexity index is 1490. The van der Waals surface area contributed by atoms with Crippen molar-refractivity contribution < 1.29 is 19.1 Å². The second kappa shape index (κ2) is 7.47. The minimum Gasteiger partial charge on any atom is -0.454 e. The number of aryl methyl sites for hydroxylation is 1. The van der Waals surface area contributed by atoms with Crippen LogP contribution in [0.25, 0.3) is 0 Å². The zero-order valence-electron chi connectivity index (χ0n) is 20.2. The molecule has 4 heterocycles. The standard InChI is InChI=1S/C28H25N3O4S/c1-28(2)10-17-24(18(32)11-28)22(14-7-8-19-20(9-14)35-13-34-19)16(12-29)25-30-26(33)23-15-5-3-4-6-21(15)36-27(23)31(17)25/h7-9,22H,3-6,10-11,13H2,1-2H3,(H,30,33). The lowest BCUT2D eigenvalue weighted by molar-refractivity contribution is -0.118. The van der Waals surface area contributed by atoms with Gasteiger partial charge in [-0.3, -0.25) is 14.5 Å². The van der Waals surface area contributed by atoms with Gasteiger partial charge in [0.15, 0.2) is 17.3 Å². The number of nitrogens with zero attached hydrogens (tertiary/aromatic N) is 2. The number of thiophene rings is 1. The fourth-order valence-electron chi connectivity index (χ4n) is 6.37. The smallest absolute Gasteiger partial charge is 0.260 e. The third-order valence-electron chi connectivity index (χ3n) is 7.89. The molecule has 36 heavy (non-hydrogen) atoms. The highest BCUT2D eigenvalue weighted by atomic mass is 32.1. The number of Topliss-reactive ketones (excluding diaryl/α,β-unsaturated/α-hetero) is 1. The molecule has 7 nitrogen and oxygen atoms in total. The van der Waals surface area contributed by atoms with Crippen molar-refractivity contribution in [2.75, 3.05) is 11.7 Å². The third-order valence-corrected chi connectivity index (χ3v) is 9.16. The first kappa shape index (κ1) is 21.7. The Hall–Kier alpha value is -3.57. The van der Waals surface area contributed by atoms with Crippen molar-refractivity contribution in [2.45, 2.75) is 58.3 Å². The molecule has 1 atom stereocenters. The Kier molecular flexibility index (Phi) is 4.50. The molecule has 0 spiro atoms. The SMILES string of the molecule is CC1(C)CC(=O)C2=C(C1)N1C(=C(C#N)C2c2ccc3c(c2)OCO3)NC(=O)c2c1sc1c2CCCC1. The maximum absolute atomic E-state index is 13.8. The van der Waals surface area contributed by atoms with E-state index in [2.05, 4.69) is 25.2 Å². The van der Waals surface area contributed by atoms with Crippen LogP contribution >= 0.6 is 11.3 Å². The van der Waals surface area contributed by atoms with E-state index in [4.69, 9.17) is 9.47 Å². The van der Waals surface area contributed by atoms with E-state index in [1.54, 1.807) is 11.3 Å². The van der Waals surface area contributed by atoms with E-state index < -0.39 is 5.92 Å². The van der Waals surface area contributed by atoms with Crippen LogP contribution in [0.5, 0.6) is 11.5 Å². The predicted molar refractivity (Wildman–Crippen MR) is 134 cm³/mol. The van der Waals surface area contributed by atoms with E-state index in [9.17, 15) is 14.9 Å². The van der Waals surface area contributed by atoms with Crippen LogP contribution in [0.2, 0.25) is 0 Å². The summed E-state index contributed by atoms with van der Waals surface area (Å²) in [6, 6.07) is 7.95. The summed E-state index contributed by atoms with van der Waals surface area (Å²) < 4.78 is 11.1. The Morgan fingerprint density at radius 1 is 1.14 bits per heavy atom. The van der Waals surface area contributed by atoms with Crippen molar-refractivity contribution in [1.82, 2.24) is 5.32 Å². The van der Waals surface area contributed by atoms with Crippen LogP contribution in [0.4, 0.5) is 5.00 Å². The fourth-order valence-corrected chi connectivity index (χ4v) is 7.79. The van der Waals surface area contributed by atoms with E-state index in [-0.39, 0.29) is 23.9 Å². The quantitative estimate of drug-likeness (QED) is 0.588. The molecule has 3 aliphatic heterocycles. The second-order valence-corrected chi connectivity index (χ2v) is 12.0. The van der Waals surface area contributed by atoms with E-state index in [0.717, 1.165) is 53.1 Å². The Balaban J connectivity index is 1.49. The summed E-state index contributed by atoms with van der Waals surface area (Å²) in [6.07, 6.45) is 5.13. The number of fused-ring (bicyclic) bond motifs is 7. The van der Waals surface area contributed by atoms with E-state index in [1.165, 1.54) is 4.88 Å². The lowest BCUT2D eigenvalue weighted by atomic mass is 9.68. The number of hydrogen-bond acceptors (Lipinski definition) is 7. The third kappa shape index (κ3) is 2.96. The Morgan fingerprint density at radius 3 is 2.78 bits per heavy atom. The minimum atomic E-state index is -0.578. The van der Waals surface area contributed by atoms with Crippen molar-refractivity contribution in [3.8, 4) is 17.6 Å². The van der Waals surface area contributed by atoms with Gasteiger partial charge in [0.05, 0.1) is 23.1 Å². The van der Waals surface area contributed by atoms with Crippen LogP contribution in [-0.4, -0.2) is 18.5 Å². The average Bonchev–Trinajstić information content (AvgIpc) is 3.46. The number of nitrogens with one attached hydrogen (secondary N) is 1. The topological polar surface area (TPSA) is 91.7 Å². The summed E-state index contributed by atoms with van der Waals surface area (Å²) in [4.78, 5) is 30.6. The highest BCUT2D eigenvalue weighted by Crippen LogP contribution is 2.55. The monoisotopic (exact) mass is 499 g/mol. The number of benzene rings is 1. The van der Waals surface area contributed by atoms with Gasteiger partial charge in [-0.2, -0.15) is 5.26 Å². The molecule has 8 heteroatoms. The number of ketones is 1. The molecule has 1 amide bonds. The highest BCUT2D eigenvalue weighted by Gasteiger charge is 2.49. The van der Waals surface area contributed by atoms with Gasteiger partial charge in [-0.05, 0) is 60.8 Å². The van der Waals surface area contributed by atoms with Crippen LogP contribution in [0, 0.1) is 16.7 Å². The van der Waals surface area contributed by atoms with Crippen LogP contribution in [0.15, 0.2) is 40.9 Å². The van der Waals surface area contributed by atoms with Crippen molar-refractivity contribution >= 4 is 28.0 Å². The summed E-state index contributed by atoms with van der Waals surface area (Å²) in [6.45, 7) is 4.36. The van der Waals surface area contributed by atoms with Gasteiger partial charge in [0.2, 0.25) is 6.79 Å². The van der Waals surface area contributed by atoms with Gasteiger partial charge >= 0.3 is 0 Å². The molecule has 0 bridgehead atoms. The molecule has 0 saturated heterocycles. The number of carbonyl (C=O) groups excluding carboxylic acids is 2. The van der Waals surface area contributed by atoms with Gasteiger partial charge in [-0.25, -0.2) is 0 Å². The van der Waals surface area contributed by atoms with Gasteiger partial charge in [0, 0.05) is 22.6 Å². The van der Waals surface area contributed by atoms with Crippen LogP contribution in [-0.2, 0) is 17.6 Å². The molecule has 5 aliphatic rings. The zero-order valence-corrected chi connectivity index (χ0v) is 21.0. The number of anilines is 1. The van der Waals surface area contributed by atoms with Crippen molar-refractivity contribution in [2.24, 2.45) is 5.41 Å². The molecule has 1 N–H and O–H groups in total. The Morgan fingerprint density at radius 2 is 1.94 bits per heavy atom. The largest absolute Gasteiger partial charge is 0.454 e. The molecule has 182 valence electrons. The summed E-state index contributed by atoms with van der Waals surface area (Å²) in [5.41, 5.74) is 4.34. The molecule has 0 fully saturated rings. The first-order valence-electron chi connectivity index (χ1n) is 12.4. The first-order chi connectivity index (χ1) is 17.4. The maximum Gasteiger partial charge on any atom is 0.260 e. The molecule has 2 aromatic rings. The van der Waals surface area contributed by atoms with Gasteiger partial charge in [-0.15, -0.1) is 11.3 Å². The molecule has 1 unspecified atom stereocenters.